The molecule has 0 bridgehead atoms. The molecule has 1 radical (unpaired) electrons. The maximum atomic E-state index is 12.0. The number of para-hydroxylation sites is 1. The number of alkyl halides is 2. The average molecular weight is 545 g/mol. The Labute approximate surface area is 214 Å². The number of primary sulfonamides is 1. The third-order valence-electron chi connectivity index (χ3n) is 4.23. The van der Waals surface area contributed by atoms with Crippen molar-refractivity contribution in [3.8, 4) is 22.5 Å². The smallest absolute Gasteiger partial charge is 0.215 e. The summed E-state index contributed by atoms with van der Waals surface area (Å²) in [4.78, 5) is 4.13. The second-order valence-electron chi connectivity index (χ2n) is 6.48. The van der Waals surface area contributed by atoms with Gasteiger partial charge in [0.15, 0.2) is 11.0 Å². The largest absolute Gasteiger partial charge is 0.653 e. The molecule has 2 aromatic carbocycles. The van der Waals surface area contributed by atoms with Gasteiger partial charge in [-0.15, -0.1) is 15.8 Å². The Bertz CT molecular complexity index is 1350. The Morgan fingerprint density at radius 2 is 1.85 bits per heavy atom. The summed E-state index contributed by atoms with van der Waals surface area (Å²) in [5.74, 6) is -2.35. The van der Waals surface area contributed by atoms with Crippen molar-refractivity contribution >= 4 is 36.7 Å². The van der Waals surface area contributed by atoms with E-state index in [-0.39, 0.29) is 66.2 Å². The Morgan fingerprint density at radius 1 is 1.18 bits per heavy atom. The van der Waals surface area contributed by atoms with Crippen LogP contribution in [0.2, 0.25) is 0 Å². The number of nitrogens with two attached hydrogens (primary N) is 2. The summed E-state index contributed by atoms with van der Waals surface area (Å²) in [5.41, 5.74) is 7.90. The monoisotopic (exact) mass is 545 g/mol. The van der Waals surface area contributed by atoms with Gasteiger partial charge in [0.2, 0.25) is 15.9 Å². The van der Waals surface area contributed by atoms with Gasteiger partial charge in [0, 0.05) is 25.8 Å². The molecular formula is C17H18F2N8O4S2Sc-2. The van der Waals surface area contributed by atoms with Gasteiger partial charge in [-0.3, -0.25) is 0 Å². The number of hydrogen-bond donors (Lipinski definition) is 3. The maximum Gasteiger partial charge on any atom is 0.215 e. The minimum Gasteiger partial charge on any atom is -0.653 e. The van der Waals surface area contributed by atoms with Gasteiger partial charge < -0.3 is 22.0 Å². The van der Waals surface area contributed by atoms with Gasteiger partial charge in [0.1, 0.15) is 0 Å². The first kappa shape index (κ1) is 29.8. The molecule has 1 aliphatic heterocycles. The van der Waals surface area contributed by atoms with Crippen molar-refractivity contribution in [3.05, 3.63) is 41.7 Å². The van der Waals surface area contributed by atoms with Crippen LogP contribution in [0.5, 0.6) is 0 Å². The summed E-state index contributed by atoms with van der Waals surface area (Å²) < 4.78 is 47.8. The van der Waals surface area contributed by atoms with Crippen LogP contribution in [0.4, 0.5) is 13.9 Å². The number of hydrogen-bond acceptors (Lipinski definition) is 8. The van der Waals surface area contributed by atoms with E-state index in [1.165, 1.54) is 17.4 Å². The predicted molar refractivity (Wildman–Crippen MR) is 118 cm³/mol. The molecule has 17 heteroatoms. The topological polar surface area (TPSA) is 231 Å². The fourth-order valence-corrected chi connectivity index (χ4v) is 4.36. The van der Waals surface area contributed by atoms with Crippen LogP contribution in [0.15, 0.2) is 35.2 Å². The molecule has 5 rings (SSSR count). The molecule has 2 aromatic heterocycles. The fourth-order valence-electron chi connectivity index (χ4n) is 2.88. The Balaban J connectivity index is 0.000000565. The van der Waals surface area contributed by atoms with Crippen LogP contribution in [0.3, 0.4) is 0 Å². The standard InChI is InChI=1S/C14H10N7O2S2.C3H4F2N.2H2O.Sc/c15-14-17-12-8(4-1-5-9(12)24-14)7-3-2-6-10(25(16,22)23)11(7)13-18-20-21-19-13;4-3(5)1-6-2-3;;;/h1-5H,(H2,15,17)(H2,16,22,23)(H,18,19,20,21);1-2H2;2*1H2;/q2*-1;;;. The van der Waals surface area contributed by atoms with Crippen LogP contribution in [0.25, 0.3) is 38.0 Å². The maximum absolute atomic E-state index is 12.0. The number of aromatic nitrogens is 5. The number of benzene rings is 2. The molecule has 9 N–H and O–H groups in total. The van der Waals surface area contributed by atoms with Gasteiger partial charge in [-0.05, 0) is 16.5 Å². The van der Waals surface area contributed by atoms with Crippen LogP contribution < -0.4 is 10.9 Å². The molecule has 0 spiro atoms. The second kappa shape index (κ2) is 11.4. The quantitative estimate of drug-likeness (QED) is 0.309. The van der Waals surface area contributed by atoms with Crippen molar-refractivity contribution < 1.29 is 54.0 Å². The number of tetrazole rings is 1. The number of sulfonamides is 1. The first-order valence-corrected chi connectivity index (χ1v) is 11.0. The van der Waals surface area contributed by atoms with Gasteiger partial charge in [0.05, 0.1) is 10.2 Å². The molecule has 34 heavy (non-hydrogen) atoms. The Hall–Kier alpha value is -2.28. The zero-order valence-electron chi connectivity index (χ0n) is 17.2. The van der Waals surface area contributed by atoms with Crippen molar-refractivity contribution in [2.75, 3.05) is 18.8 Å². The zero-order chi connectivity index (χ0) is 22.2. The molecule has 4 aromatic rings. The number of nitrogens with zero attached hydrogens (tertiary/aromatic N) is 5. The van der Waals surface area contributed by atoms with Gasteiger partial charge in [-0.1, -0.05) is 47.3 Å². The van der Waals surface area contributed by atoms with Gasteiger partial charge in [-0.2, -0.15) is 23.4 Å². The van der Waals surface area contributed by atoms with Gasteiger partial charge >= 0.3 is 0 Å². The molecule has 0 saturated carbocycles. The molecule has 181 valence electrons. The average Bonchev–Trinajstić information content (AvgIpc) is 3.34. The van der Waals surface area contributed by atoms with E-state index in [2.05, 4.69) is 37.0 Å². The SMILES string of the molecule is FC1(F)C[N-]C1.Nc1nc2c(-c3cc[c-]c(S(N)(=O)=O)c3-c3nn[nH]n3)cccc2s1.O.O.[Sc]. The summed E-state index contributed by atoms with van der Waals surface area (Å²) >= 11 is 1.34. The normalized spacial score (nSPS) is 13.9. The summed E-state index contributed by atoms with van der Waals surface area (Å²) in [7, 11) is -4.06. The van der Waals surface area contributed by atoms with E-state index in [1.54, 1.807) is 6.07 Å². The fraction of sp³-hybridized carbons (Fsp3) is 0.176. The first-order valence-electron chi connectivity index (χ1n) is 8.63. The number of thiazole rings is 1. The van der Waals surface area contributed by atoms with E-state index < -0.39 is 15.9 Å². The number of rotatable bonds is 3. The molecule has 0 unspecified atom stereocenters. The zero-order valence-corrected chi connectivity index (χ0v) is 20.6. The van der Waals surface area contributed by atoms with E-state index in [4.69, 9.17) is 10.9 Å². The molecule has 0 atom stereocenters. The molecule has 1 fully saturated rings. The number of nitrogens with one attached hydrogen (secondary N) is 1. The van der Waals surface area contributed by atoms with Crippen molar-refractivity contribution in [2.24, 2.45) is 5.14 Å². The minimum atomic E-state index is -4.06. The molecule has 1 aliphatic rings. The Kier molecular flexibility index (Phi) is 10.0. The van der Waals surface area contributed by atoms with Crippen molar-refractivity contribution in [2.45, 2.75) is 10.8 Å². The molecule has 12 nitrogen and oxygen atoms in total. The van der Waals surface area contributed by atoms with Crippen LogP contribution in [-0.2, 0) is 35.9 Å². The predicted octanol–water partition coefficient (Wildman–Crippen LogP) is 0.530. The summed E-state index contributed by atoms with van der Waals surface area (Å²) in [6, 6.07) is 11.4. The summed E-state index contributed by atoms with van der Waals surface area (Å²) in [6.45, 7) is -0.514. The Morgan fingerprint density at radius 3 is 2.38 bits per heavy atom. The number of aromatic amines is 1. The summed E-state index contributed by atoms with van der Waals surface area (Å²) in [6.07, 6.45) is 0. The second-order valence-corrected chi connectivity index (χ2v) is 9.04. The van der Waals surface area contributed by atoms with E-state index >= 15 is 0 Å². The van der Waals surface area contributed by atoms with Crippen LogP contribution in [0, 0.1) is 6.07 Å². The summed E-state index contributed by atoms with van der Waals surface area (Å²) in [5, 5.41) is 22.7. The number of H-pyrrole nitrogens is 1. The first-order chi connectivity index (χ1) is 14.7. The van der Waals surface area contributed by atoms with Crippen LogP contribution in [-0.4, -0.2) is 64.0 Å². The molecule has 0 amide bonds. The van der Waals surface area contributed by atoms with E-state index in [0.29, 0.717) is 21.8 Å². The third-order valence-corrected chi connectivity index (χ3v) is 5.97. The number of halogens is 2. The van der Waals surface area contributed by atoms with E-state index in [9.17, 15) is 17.2 Å². The van der Waals surface area contributed by atoms with E-state index in [0.717, 1.165) is 4.70 Å². The van der Waals surface area contributed by atoms with Crippen LogP contribution in [0.1, 0.15) is 0 Å². The van der Waals surface area contributed by atoms with Crippen molar-refractivity contribution in [1.82, 2.24) is 25.6 Å². The van der Waals surface area contributed by atoms with Gasteiger partial charge in [-0.25, -0.2) is 27.3 Å². The number of anilines is 1. The van der Waals surface area contributed by atoms with Crippen molar-refractivity contribution in [3.63, 3.8) is 0 Å². The number of nitrogen functional groups attached to an aromatic ring is 1. The van der Waals surface area contributed by atoms with Crippen molar-refractivity contribution in [1.29, 1.82) is 0 Å². The van der Waals surface area contributed by atoms with Crippen LogP contribution >= 0.6 is 11.3 Å². The third kappa shape index (κ3) is 6.23. The molecule has 3 heterocycles. The molecular weight excluding hydrogens is 527 g/mol. The number of fused-ring (bicyclic) bond motifs is 1. The minimum absolute atomic E-state index is 0. The van der Waals surface area contributed by atoms with E-state index in [1.807, 2.05) is 18.2 Å². The van der Waals surface area contributed by atoms with Gasteiger partial charge in [0.25, 0.3) is 0 Å². The molecule has 0 aliphatic carbocycles. The molecule has 1 saturated heterocycles.